The Labute approximate surface area is 122 Å². The molecule has 0 aliphatic carbocycles. The van der Waals surface area contributed by atoms with Gasteiger partial charge in [0.05, 0.1) is 6.04 Å². The van der Waals surface area contributed by atoms with E-state index in [0.29, 0.717) is 6.04 Å². The molecule has 19 heavy (non-hydrogen) atoms. The van der Waals surface area contributed by atoms with E-state index in [9.17, 15) is 0 Å². The Morgan fingerprint density at radius 2 is 2.00 bits per heavy atom. The van der Waals surface area contributed by atoms with Gasteiger partial charge in [0, 0.05) is 10.4 Å². The smallest absolute Gasteiger partial charge is 0.0510 e. The normalized spacial score (nSPS) is 19.6. The fraction of sp³-hybridized carbons (Fsp3) is 0.750. The van der Waals surface area contributed by atoms with Crippen molar-refractivity contribution in [1.29, 1.82) is 0 Å². The number of likely N-dealkylation sites (N-methyl/N-ethyl adjacent to an activating group) is 1. The zero-order chi connectivity index (χ0) is 13.9. The number of hydrogen-bond donors (Lipinski definition) is 1. The van der Waals surface area contributed by atoms with Gasteiger partial charge >= 0.3 is 0 Å². The maximum Gasteiger partial charge on any atom is 0.0510 e. The van der Waals surface area contributed by atoms with Crippen LogP contribution in [0.25, 0.3) is 0 Å². The second-order valence-electron chi connectivity index (χ2n) is 6.18. The minimum atomic E-state index is 0.184. The summed E-state index contributed by atoms with van der Waals surface area (Å²) < 4.78 is 0. The quantitative estimate of drug-likeness (QED) is 0.878. The lowest BCUT2D eigenvalue weighted by molar-refractivity contribution is 0.0614. The van der Waals surface area contributed by atoms with E-state index in [-0.39, 0.29) is 5.54 Å². The van der Waals surface area contributed by atoms with Gasteiger partial charge in [-0.05, 0) is 70.3 Å². The Morgan fingerprint density at radius 1 is 1.32 bits per heavy atom. The van der Waals surface area contributed by atoms with Crippen LogP contribution in [0.3, 0.4) is 0 Å². The van der Waals surface area contributed by atoms with Crippen LogP contribution in [0.1, 0.15) is 56.5 Å². The third-order valence-electron chi connectivity index (χ3n) is 4.37. The van der Waals surface area contributed by atoms with E-state index < -0.39 is 0 Å². The van der Waals surface area contributed by atoms with Crippen molar-refractivity contribution < 1.29 is 0 Å². The summed E-state index contributed by atoms with van der Waals surface area (Å²) in [7, 11) is 0. The van der Waals surface area contributed by atoms with Gasteiger partial charge in [0.1, 0.15) is 0 Å². The molecule has 3 heteroatoms. The molecule has 1 unspecified atom stereocenters. The number of rotatable bonds is 5. The van der Waals surface area contributed by atoms with Gasteiger partial charge in [-0.25, -0.2) is 0 Å². The summed E-state index contributed by atoms with van der Waals surface area (Å²) in [5, 5.41) is 6.04. The minimum Gasteiger partial charge on any atom is -0.309 e. The van der Waals surface area contributed by atoms with Gasteiger partial charge < -0.3 is 5.32 Å². The van der Waals surface area contributed by atoms with Gasteiger partial charge in [-0.2, -0.15) is 0 Å². The van der Waals surface area contributed by atoms with Crippen LogP contribution in [0.4, 0.5) is 0 Å². The SMILES string of the molecule is CCNC(c1csc(C)c1)C(C)(C)N1CCCCC1. The maximum atomic E-state index is 3.71. The van der Waals surface area contributed by atoms with Crippen molar-refractivity contribution >= 4 is 11.3 Å². The van der Waals surface area contributed by atoms with E-state index in [0.717, 1.165) is 6.54 Å². The van der Waals surface area contributed by atoms with Crippen LogP contribution in [0.5, 0.6) is 0 Å². The molecule has 1 aromatic heterocycles. The van der Waals surface area contributed by atoms with Crippen LogP contribution in [-0.2, 0) is 0 Å². The molecule has 0 aromatic carbocycles. The summed E-state index contributed by atoms with van der Waals surface area (Å²) in [6, 6.07) is 2.78. The molecule has 1 aliphatic rings. The summed E-state index contributed by atoms with van der Waals surface area (Å²) in [5.41, 5.74) is 1.64. The molecule has 2 nitrogen and oxygen atoms in total. The molecular weight excluding hydrogens is 252 g/mol. The first kappa shape index (κ1) is 15.0. The molecule has 0 radical (unpaired) electrons. The lowest BCUT2D eigenvalue weighted by Gasteiger charge is -2.46. The average Bonchev–Trinajstić information content (AvgIpc) is 2.83. The van der Waals surface area contributed by atoms with Crippen LogP contribution in [0, 0.1) is 6.92 Å². The highest BCUT2D eigenvalue weighted by Gasteiger charge is 2.36. The van der Waals surface area contributed by atoms with E-state index in [1.807, 2.05) is 11.3 Å². The Bertz CT molecular complexity index is 391. The third kappa shape index (κ3) is 3.39. The lowest BCUT2D eigenvalue weighted by Crippen LogP contribution is -2.54. The van der Waals surface area contributed by atoms with Gasteiger partial charge in [-0.15, -0.1) is 11.3 Å². The van der Waals surface area contributed by atoms with Gasteiger partial charge in [0.25, 0.3) is 0 Å². The number of thiophene rings is 1. The van der Waals surface area contributed by atoms with Gasteiger partial charge in [-0.3, -0.25) is 4.90 Å². The van der Waals surface area contributed by atoms with Gasteiger partial charge in [-0.1, -0.05) is 13.3 Å². The highest BCUT2D eigenvalue weighted by molar-refractivity contribution is 7.10. The molecule has 1 N–H and O–H groups in total. The fourth-order valence-electron chi connectivity index (χ4n) is 3.25. The van der Waals surface area contributed by atoms with E-state index in [1.165, 1.54) is 42.8 Å². The topological polar surface area (TPSA) is 15.3 Å². The predicted octanol–water partition coefficient (Wildman–Crippen LogP) is 3.97. The molecule has 0 bridgehead atoms. The van der Waals surface area contributed by atoms with Crippen LogP contribution in [0.2, 0.25) is 0 Å². The molecule has 1 saturated heterocycles. The van der Waals surface area contributed by atoms with Crippen molar-refractivity contribution in [2.24, 2.45) is 0 Å². The zero-order valence-electron chi connectivity index (χ0n) is 12.8. The molecule has 2 heterocycles. The second-order valence-corrected chi connectivity index (χ2v) is 7.30. The standard InChI is InChI=1S/C16H28N2S/c1-5-17-15(14-11-13(2)19-12-14)16(3,4)18-9-7-6-8-10-18/h11-12,15,17H,5-10H2,1-4H3. The van der Waals surface area contributed by atoms with Crippen molar-refractivity contribution in [2.45, 2.75) is 58.5 Å². The average molecular weight is 280 g/mol. The molecule has 108 valence electrons. The Hall–Kier alpha value is -0.380. The molecular formula is C16H28N2S. The van der Waals surface area contributed by atoms with E-state index >= 15 is 0 Å². The Morgan fingerprint density at radius 3 is 2.53 bits per heavy atom. The number of hydrogen-bond acceptors (Lipinski definition) is 3. The number of nitrogens with zero attached hydrogens (tertiary/aromatic N) is 1. The number of nitrogens with one attached hydrogen (secondary N) is 1. The highest BCUT2D eigenvalue weighted by atomic mass is 32.1. The summed E-state index contributed by atoms with van der Waals surface area (Å²) in [5.74, 6) is 0. The molecule has 0 amide bonds. The first-order chi connectivity index (χ1) is 9.05. The monoisotopic (exact) mass is 280 g/mol. The van der Waals surface area contributed by atoms with Gasteiger partial charge in [0.15, 0.2) is 0 Å². The van der Waals surface area contributed by atoms with E-state index in [1.54, 1.807) is 0 Å². The Kier molecular flexibility index (Phi) is 5.04. The summed E-state index contributed by atoms with van der Waals surface area (Å²) >= 11 is 1.86. The number of aryl methyl sites for hydroxylation is 1. The molecule has 1 atom stereocenters. The molecule has 0 spiro atoms. The molecule has 1 aliphatic heterocycles. The predicted molar refractivity (Wildman–Crippen MR) is 85.0 cm³/mol. The van der Waals surface area contributed by atoms with Crippen molar-refractivity contribution in [3.63, 3.8) is 0 Å². The van der Waals surface area contributed by atoms with Crippen molar-refractivity contribution in [3.05, 3.63) is 21.9 Å². The van der Waals surface area contributed by atoms with E-state index in [2.05, 4.69) is 49.4 Å². The molecule has 1 aromatic rings. The maximum absolute atomic E-state index is 3.71. The van der Waals surface area contributed by atoms with Crippen LogP contribution in [-0.4, -0.2) is 30.1 Å². The Balaban J connectivity index is 2.20. The van der Waals surface area contributed by atoms with Crippen LogP contribution in [0.15, 0.2) is 11.4 Å². The third-order valence-corrected chi connectivity index (χ3v) is 5.25. The largest absolute Gasteiger partial charge is 0.309 e. The highest BCUT2D eigenvalue weighted by Crippen LogP contribution is 2.34. The van der Waals surface area contributed by atoms with Crippen LogP contribution < -0.4 is 5.32 Å². The number of piperidine rings is 1. The van der Waals surface area contributed by atoms with Crippen molar-refractivity contribution in [3.8, 4) is 0 Å². The second kappa shape index (κ2) is 6.38. The molecule has 0 saturated carbocycles. The number of likely N-dealkylation sites (tertiary alicyclic amines) is 1. The first-order valence-electron chi connectivity index (χ1n) is 7.59. The fourth-order valence-corrected chi connectivity index (χ4v) is 3.98. The first-order valence-corrected chi connectivity index (χ1v) is 8.47. The van der Waals surface area contributed by atoms with Crippen molar-refractivity contribution in [2.75, 3.05) is 19.6 Å². The van der Waals surface area contributed by atoms with E-state index in [4.69, 9.17) is 0 Å². The summed E-state index contributed by atoms with van der Waals surface area (Å²) in [6.45, 7) is 12.7. The molecule has 1 fully saturated rings. The lowest BCUT2D eigenvalue weighted by atomic mass is 9.86. The zero-order valence-corrected chi connectivity index (χ0v) is 13.6. The summed E-state index contributed by atoms with van der Waals surface area (Å²) in [4.78, 5) is 4.09. The summed E-state index contributed by atoms with van der Waals surface area (Å²) in [6.07, 6.45) is 4.10. The molecule has 2 rings (SSSR count). The van der Waals surface area contributed by atoms with Crippen LogP contribution >= 0.6 is 11.3 Å². The minimum absolute atomic E-state index is 0.184. The van der Waals surface area contributed by atoms with Crippen molar-refractivity contribution in [1.82, 2.24) is 10.2 Å². The van der Waals surface area contributed by atoms with Gasteiger partial charge in [0.2, 0.25) is 0 Å².